The number of nitrogens with zero attached hydrogens (tertiary/aromatic N) is 2. The average Bonchev–Trinajstić information content (AvgIpc) is 3.05. The van der Waals surface area contributed by atoms with Crippen LogP contribution in [0.2, 0.25) is 0 Å². The van der Waals surface area contributed by atoms with Crippen LogP contribution in [0.3, 0.4) is 0 Å². The zero-order valence-corrected chi connectivity index (χ0v) is 14.2. The van der Waals surface area contributed by atoms with Crippen molar-refractivity contribution in [1.29, 1.82) is 0 Å². The SMILES string of the molecule is CC=CCCNC(=NC)NC1CCN(CC2CCOC2)CC1. The zero-order chi connectivity index (χ0) is 15.6. The van der Waals surface area contributed by atoms with Gasteiger partial charge in [-0.2, -0.15) is 0 Å². The maximum atomic E-state index is 5.47. The van der Waals surface area contributed by atoms with Crippen molar-refractivity contribution in [2.45, 2.75) is 38.6 Å². The van der Waals surface area contributed by atoms with Crippen LogP contribution < -0.4 is 10.6 Å². The van der Waals surface area contributed by atoms with Gasteiger partial charge in [-0.15, -0.1) is 0 Å². The zero-order valence-electron chi connectivity index (χ0n) is 14.2. The molecular formula is C17H32N4O. The van der Waals surface area contributed by atoms with E-state index >= 15 is 0 Å². The van der Waals surface area contributed by atoms with Gasteiger partial charge in [-0.25, -0.2) is 0 Å². The summed E-state index contributed by atoms with van der Waals surface area (Å²) >= 11 is 0. The molecule has 2 rings (SSSR count). The Hall–Kier alpha value is -1.07. The normalized spacial score (nSPS) is 25.0. The fourth-order valence-electron chi connectivity index (χ4n) is 3.18. The lowest BCUT2D eigenvalue weighted by molar-refractivity contribution is 0.150. The third-order valence-corrected chi connectivity index (χ3v) is 4.53. The molecule has 22 heavy (non-hydrogen) atoms. The van der Waals surface area contributed by atoms with Gasteiger partial charge in [0.2, 0.25) is 0 Å². The molecule has 0 bridgehead atoms. The molecule has 1 atom stereocenters. The van der Waals surface area contributed by atoms with Gasteiger partial charge < -0.3 is 20.3 Å². The van der Waals surface area contributed by atoms with Gasteiger partial charge in [0.25, 0.3) is 0 Å². The summed E-state index contributed by atoms with van der Waals surface area (Å²) < 4.78 is 5.47. The molecule has 2 aliphatic rings. The first-order valence-electron chi connectivity index (χ1n) is 8.70. The van der Waals surface area contributed by atoms with E-state index in [1.54, 1.807) is 0 Å². The van der Waals surface area contributed by atoms with Gasteiger partial charge in [0, 0.05) is 45.9 Å². The molecule has 5 heteroatoms. The second-order valence-corrected chi connectivity index (χ2v) is 6.31. The molecule has 0 aromatic heterocycles. The second kappa shape index (κ2) is 9.85. The van der Waals surface area contributed by atoms with Crippen molar-refractivity contribution in [3.8, 4) is 0 Å². The van der Waals surface area contributed by atoms with E-state index in [4.69, 9.17) is 4.74 Å². The molecule has 0 radical (unpaired) electrons. The fraction of sp³-hybridized carbons (Fsp3) is 0.824. The van der Waals surface area contributed by atoms with Gasteiger partial charge in [0.05, 0.1) is 6.61 Å². The van der Waals surface area contributed by atoms with Crippen LogP contribution in [0.25, 0.3) is 0 Å². The summed E-state index contributed by atoms with van der Waals surface area (Å²) in [5.74, 6) is 1.69. The summed E-state index contributed by atoms with van der Waals surface area (Å²) in [6.07, 6.45) is 8.93. The third-order valence-electron chi connectivity index (χ3n) is 4.53. The van der Waals surface area contributed by atoms with Crippen LogP contribution in [0.5, 0.6) is 0 Å². The van der Waals surface area contributed by atoms with Gasteiger partial charge in [0.1, 0.15) is 0 Å². The highest BCUT2D eigenvalue weighted by Gasteiger charge is 2.24. The lowest BCUT2D eigenvalue weighted by Crippen LogP contribution is -2.49. The maximum absolute atomic E-state index is 5.47. The Balaban J connectivity index is 1.62. The predicted molar refractivity (Wildman–Crippen MR) is 92.3 cm³/mol. The van der Waals surface area contributed by atoms with Crippen molar-refractivity contribution >= 4 is 5.96 Å². The van der Waals surface area contributed by atoms with Crippen molar-refractivity contribution in [3.63, 3.8) is 0 Å². The monoisotopic (exact) mass is 308 g/mol. The number of rotatable bonds is 6. The van der Waals surface area contributed by atoms with Crippen molar-refractivity contribution in [3.05, 3.63) is 12.2 Å². The van der Waals surface area contributed by atoms with Crippen LogP contribution in [0.4, 0.5) is 0 Å². The lowest BCUT2D eigenvalue weighted by Gasteiger charge is -2.34. The lowest BCUT2D eigenvalue weighted by atomic mass is 10.0. The Morgan fingerprint density at radius 3 is 2.77 bits per heavy atom. The van der Waals surface area contributed by atoms with Crippen LogP contribution in [-0.4, -0.2) is 63.3 Å². The van der Waals surface area contributed by atoms with Gasteiger partial charge in [0.15, 0.2) is 5.96 Å². The summed E-state index contributed by atoms with van der Waals surface area (Å²) in [6.45, 7) is 8.48. The first kappa shape index (κ1) is 17.3. The topological polar surface area (TPSA) is 48.9 Å². The first-order chi connectivity index (χ1) is 10.8. The van der Waals surface area contributed by atoms with Crippen LogP contribution in [0, 0.1) is 5.92 Å². The van der Waals surface area contributed by atoms with Gasteiger partial charge >= 0.3 is 0 Å². The standard InChI is InChI=1S/C17H32N4O/c1-3-4-5-9-19-17(18-2)20-16-6-10-21(11-7-16)13-15-8-12-22-14-15/h3-4,15-16H,5-14H2,1-2H3,(H2,18,19,20). The van der Waals surface area contributed by atoms with Crippen LogP contribution in [0.15, 0.2) is 17.1 Å². The van der Waals surface area contributed by atoms with E-state index in [-0.39, 0.29) is 0 Å². The number of hydrogen-bond donors (Lipinski definition) is 2. The molecule has 126 valence electrons. The Kier molecular flexibility index (Phi) is 7.74. The highest BCUT2D eigenvalue weighted by atomic mass is 16.5. The molecule has 0 aromatic rings. The number of allylic oxidation sites excluding steroid dienone is 1. The summed E-state index contributed by atoms with van der Waals surface area (Å²) in [5.41, 5.74) is 0. The molecule has 2 N–H and O–H groups in total. The molecule has 2 fully saturated rings. The predicted octanol–water partition coefficient (Wildman–Crippen LogP) is 1.62. The minimum Gasteiger partial charge on any atom is -0.381 e. The van der Waals surface area contributed by atoms with E-state index in [1.165, 1.54) is 38.9 Å². The third kappa shape index (κ3) is 5.97. The first-order valence-corrected chi connectivity index (χ1v) is 8.70. The second-order valence-electron chi connectivity index (χ2n) is 6.31. The van der Waals surface area contributed by atoms with E-state index in [1.807, 2.05) is 7.05 Å². The van der Waals surface area contributed by atoms with E-state index < -0.39 is 0 Å². The van der Waals surface area contributed by atoms with Gasteiger partial charge in [-0.05, 0) is 38.5 Å². The minimum absolute atomic E-state index is 0.545. The van der Waals surface area contributed by atoms with Gasteiger partial charge in [-0.1, -0.05) is 12.2 Å². The Morgan fingerprint density at radius 1 is 1.32 bits per heavy atom. The number of aliphatic imine (C=N–C) groups is 1. The number of piperidine rings is 1. The van der Waals surface area contributed by atoms with E-state index in [2.05, 4.69) is 39.6 Å². The quantitative estimate of drug-likeness (QED) is 0.339. The van der Waals surface area contributed by atoms with Crippen LogP contribution in [0.1, 0.15) is 32.6 Å². The fourth-order valence-corrected chi connectivity index (χ4v) is 3.18. The molecule has 2 saturated heterocycles. The molecule has 0 saturated carbocycles. The molecule has 1 unspecified atom stereocenters. The molecule has 2 aliphatic heterocycles. The number of ether oxygens (including phenoxy) is 1. The molecule has 0 spiro atoms. The van der Waals surface area contributed by atoms with E-state index in [0.29, 0.717) is 6.04 Å². The summed E-state index contributed by atoms with van der Waals surface area (Å²) in [4.78, 5) is 6.92. The van der Waals surface area contributed by atoms with Crippen LogP contribution in [-0.2, 0) is 4.74 Å². The Bertz CT molecular complexity index is 356. The van der Waals surface area contributed by atoms with Crippen molar-refractivity contribution in [1.82, 2.24) is 15.5 Å². The Morgan fingerprint density at radius 2 is 2.14 bits per heavy atom. The molecule has 5 nitrogen and oxygen atoms in total. The minimum atomic E-state index is 0.545. The van der Waals surface area contributed by atoms with Gasteiger partial charge in [-0.3, -0.25) is 4.99 Å². The number of nitrogens with one attached hydrogen (secondary N) is 2. The highest BCUT2D eigenvalue weighted by Crippen LogP contribution is 2.17. The smallest absolute Gasteiger partial charge is 0.191 e. The van der Waals surface area contributed by atoms with E-state index in [0.717, 1.165) is 38.1 Å². The molecule has 0 aliphatic carbocycles. The highest BCUT2D eigenvalue weighted by molar-refractivity contribution is 5.79. The summed E-state index contributed by atoms with van der Waals surface area (Å²) in [5, 5.41) is 6.94. The van der Waals surface area contributed by atoms with Crippen LogP contribution >= 0.6 is 0 Å². The molecule has 0 amide bonds. The average molecular weight is 308 g/mol. The largest absolute Gasteiger partial charge is 0.381 e. The maximum Gasteiger partial charge on any atom is 0.191 e. The van der Waals surface area contributed by atoms with Crippen molar-refractivity contribution < 1.29 is 4.74 Å². The molecule has 0 aromatic carbocycles. The van der Waals surface area contributed by atoms with E-state index in [9.17, 15) is 0 Å². The van der Waals surface area contributed by atoms with Crippen molar-refractivity contribution in [2.24, 2.45) is 10.9 Å². The molecule has 2 heterocycles. The Labute approximate surface area is 135 Å². The number of likely N-dealkylation sites (tertiary alicyclic amines) is 1. The summed E-state index contributed by atoms with van der Waals surface area (Å²) in [6, 6.07) is 0.545. The summed E-state index contributed by atoms with van der Waals surface area (Å²) in [7, 11) is 1.85. The molecular weight excluding hydrogens is 276 g/mol. The van der Waals surface area contributed by atoms with Crippen molar-refractivity contribution in [2.75, 3.05) is 46.4 Å². The number of hydrogen-bond acceptors (Lipinski definition) is 3. The number of guanidine groups is 1.